The molecule has 1 aromatic rings. The molecule has 1 N–H and O–H groups in total. The fourth-order valence-corrected chi connectivity index (χ4v) is 4.72. The number of aliphatic carboxylic acids is 1. The summed E-state index contributed by atoms with van der Waals surface area (Å²) in [4.78, 5) is 25.1. The van der Waals surface area contributed by atoms with Gasteiger partial charge in [0.25, 0.3) is 0 Å². The Hall–Kier alpha value is -1.93. The van der Waals surface area contributed by atoms with Gasteiger partial charge in [-0.15, -0.1) is 0 Å². The molecule has 26 heavy (non-hydrogen) atoms. The summed E-state index contributed by atoms with van der Waals surface area (Å²) in [5, 5.41) is 9.16. The van der Waals surface area contributed by atoms with Gasteiger partial charge < -0.3 is 10.0 Å². The van der Waals surface area contributed by atoms with E-state index in [1.54, 1.807) is 38.1 Å². The number of carbonyl (C=O) groups is 2. The van der Waals surface area contributed by atoms with E-state index in [0.29, 0.717) is 38.9 Å². The number of carboxylic acids is 1. The molecule has 2 rings (SSSR count). The zero-order valence-corrected chi connectivity index (χ0v) is 16.0. The van der Waals surface area contributed by atoms with Crippen LogP contribution in [0.25, 0.3) is 0 Å². The molecule has 7 nitrogen and oxygen atoms in total. The number of benzene rings is 1. The number of aryl methyl sites for hydroxylation is 1. The molecule has 1 amide bonds. The molecule has 1 fully saturated rings. The van der Waals surface area contributed by atoms with Crippen molar-refractivity contribution >= 4 is 21.9 Å². The van der Waals surface area contributed by atoms with Crippen LogP contribution in [0.3, 0.4) is 0 Å². The fourth-order valence-electron chi connectivity index (χ4n) is 3.26. The molecule has 0 bridgehead atoms. The molecule has 0 spiro atoms. The van der Waals surface area contributed by atoms with Crippen molar-refractivity contribution in [3.05, 3.63) is 29.8 Å². The van der Waals surface area contributed by atoms with Crippen LogP contribution >= 0.6 is 0 Å². The quantitative estimate of drug-likeness (QED) is 0.739. The van der Waals surface area contributed by atoms with Crippen LogP contribution in [0.4, 0.5) is 0 Å². The first-order chi connectivity index (χ1) is 12.3. The highest BCUT2D eigenvalue weighted by Gasteiger charge is 2.33. The van der Waals surface area contributed by atoms with Crippen molar-refractivity contribution in [2.45, 2.75) is 50.5 Å². The number of amides is 1. The largest absolute Gasteiger partial charge is 0.480 e. The number of rotatable bonds is 8. The lowest BCUT2D eigenvalue weighted by Crippen LogP contribution is -2.40. The van der Waals surface area contributed by atoms with Crippen LogP contribution in [-0.2, 0) is 26.0 Å². The van der Waals surface area contributed by atoms with Crippen molar-refractivity contribution in [3.8, 4) is 0 Å². The Bertz CT molecular complexity index is 741. The zero-order chi connectivity index (χ0) is 19.3. The summed E-state index contributed by atoms with van der Waals surface area (Å²) < 4.78 is 26.3. The van der Waals surface area contributed by atoms with Crippen molar-refractivity contribution in [2.24, 2.45) is 0 Å². The second kappa shape index (κ2) is 8.64. The predicted octanol–water partition coefficient (Wildman–Crippen LogP) is 1.73. The molecule has 144 valence electrons. The molecule has 1 heterocycles. The number of hydrogen-bond donors (Lipinski definition) is 1. The summed E-state index contributed by atoms with van der Waals surface area (Å²) in [6.07, 6.45) is 1.87. The lowest BCUT2D eigenvalue weighted by atomic mass is 10.1. The van der Waals surface area contributed by atoms with Crippen LogP contribution < -0.4 is 0 Å². The van der Waals surface area contributed by atoms with Crippen molar-refractivity contribution in [1.82, 2.24) is 9.21 Å². The number of hydrogen-bond acceptors (Lipinski definition) is 4. The van der Waals surface area contributed by atoms with E-state index >= 15 is 0 Å². The van der Waals surface area contributed by atoms with Gasteiger partial charge in [-0.05, 0) is 37.0 Å². The van der Waals surface area contributed by atoms with Crippen LogP contribution in [0.15, 0.2) is 29.2 Å². The molecule has 0 saturated carbocycles. The Morgan fingerprint density at radius 2 is 1.81 bits per heavy atom. The second-order valence-electron chi connectivity index (χ2n) is 6.32. The summed E-state index contributed by atoms with van der Waals surface area (Å²) >= 11 is 0. The van der Waals surface area contributed by atoms with E-state index in [2.05, 4.69) is 0 Å². The third kappa shape index (κ3) is 4.42. The molecular formula is C18H26N2O5S. The molecule has 8 heteroatoms. The highest BCUT2D eigenvalue weighted by Crippen LogP contribution is 2.20. The van der Waals surface area contributed by atoms with E-state index in [1.807, 2.05) is 0 Å². The summed E-state index contributed by atoms with van der Waals surface area (Å²) in [5.41, 5.74) is 0.850. The van der Waals surface area contributed by atoms with E-state index in [1.165, 1.54) is 9.21 Å². The molecule has 1 saturated heterocycles. The second-order valence-corrected chi connectivity index (χ2v) is 8.25. The first kappa shape index (κ1) is 20.4. The maximum absolute atomic E-state index is 12.5. The molecule has 1 aromatic carbocycles. The lowest BCUT2D eigenvalue weighted by molar-refractivity contribution is -0.148. The molecule has 0 radical (unpaired) electrons. The number of sulfonamides is 1. The van der Waals surface area contributed by atoms with Crippen LogP contribution in [0.1, 0.15) is 38.7 Å². The third-order valence-corrected chi connectivity index (χ3v) is 6.82. The predicted molar refractivity (Wildman–Crippen MR) is 97.2 cm³/mol. The molecular weight excluding hydrogens is 356 g/mol. The van der Waals surface area contributed by atoms with E-state index in [9.17, 15) is 18.0 Å². The lowest BCUT2D eigenvalue weighted by Gasteiger charge is -2.21. The molecule has 1 aliphatic rings. The van der Waals surface area contributed by atoms with Gasteiger partial charge in [0.05, 0.1) is 4.90 Å². The van der Waals surface area contributed by atoms with Gasteiger partial charge in [0.1, 0.15) is 6.04 Å². The topological polar surface area (TPSA) is 95.0 Å². The Labute approximate surface area is 154 Å². The van der Waals surface area contributed by atoms with Crippen LogP contribution in [0.5, 0.6) is 0 Å². The Kier molecular flexibility index (Phi) is 6.77. The first-order valence-electron chi connectivity index (χ1n) is 8.92. The average Bonchev–Trinajstić information content (AvgIpc) is 3.11. The van der Waals surface area contributed by atoms with Crippen molar-refractivity contribution in [1.29, 1.82) is 0 Å². The number of carbonyl (C=O) groups excluding carboxylic acids is 1. The molecule has 0 aliphatic carbocycles. The highest BCUT2D eigenvalue weighted by atomic mass is 32.2. The van der Waals surface area contributed by atoms with Gasteiger partial charge in [-0.25, -0.2) is 13.2 Å². The summed E-state index contributed by atoms with van der Waals surface area (Å²) in [5.74, 6) is -1.13. The number of carboxylic acid groups (broad SMARTS) is 1. The van der Waals surface area contributed by atoms with E-state index in [4.69, 9.17) is 5.11 Å². The van der Waals surface area contributed by atoms with Gasteiger partial charge in [-0.3, -0.25) is 4.79 Å². The average molecular weight is 382 g/mol. The summed E-state index contributed by atoms with van der Waals surface area (Å²) in [6, 6.07) is 5.82. The molecule has 0 unspecified atom stereocenters. The van der Waals surface area contributed by atoms with Gasteiger partial charge in [0.15, 0.2) is 0 Å². The smallest absolute Gasteiger partial charge is 0.326 e. The van der Waals surface area contributed by atoms with Gasteiger partial charge >= 0.3 is 5.97 Å². The standard InChI is InChI=1S/C18H26N2O5S/c1-3-19(4-2)26(24,25)15-10-7-14(8-11-15)9-12-17(21)20-13-5-6-16(20)18(22)23/h7-8,10-11,16H,3-6,9,12-13H2,1-2H3,(H,22,23)/t16-/m1/s1. The normalized spacial score (nSPS) is 17.7. The summed E-state index contributed by atoms with van der Waals surface area (Å²) in [6.45, 7) is 4.90. The minimum Gasteiger partial charge on any atom is -0.480 e. The Morgan fingerprint density at radius 3 is 2.35 bits per heavy atom. The monoisotopic (exact) mass is 382 g/mol. The Morgan fingerprint density at radius 1 is 1.19 bits per heavy atom. The summed E-state index contributed by atoms with van der Waals surface area (Å²) in [7, 11) is -3.49. The van der Waals surface area contributed by atoms with E-state index in [-0.39, 0.29) is 17.2 Å². The highest BCUT2D eigenvalue weighted by molar-refractivity contribution is 7.89. The molecule has 0 aromatic heterocycles. The van der Waals surface area contributed by atoms with Crippen LogP contribution in [0, 0.1) is 0 Å². The molecule has 1 aliphatic heterocycles. The van der Waals surface area contributed by atoms with Crippen LogP contribution in [0.2, 0.25) is 0 Å². The minimum absolute atomic E-state index is 0.172. The van der Waals surface area contributed by atoms with E-state index in [0.717, 1.165) is 5.56 Å². The van der Waals surface area contributed by atoms with Crippen LogP contribution in [-0.4, -0.2) is 60.3 Å². The van der Waals surface area contributed by atoms with Gasteiger partial charge in [-0.1, -0.05) is 26.0 Å². The third-order valence-electron chi connectivity index (χ3n) is 4.75. The number of likely N-dealkylation sites (tertiary alicyclic amines) is 1. The van der Waals surface area contributed by atoms with Gasteiger partial charge in [0.2, 0.25) is 15.9 Å². The van der Waals surface area contributed by atoms with Crippen molar-refractivity contribution in [3.63, 3.8) is 0 Å². The first-order valence-corrected chi connectivity index (χ1v) is 10.4. The molecule has 1 atom stereocenters. The van der Waals surface area contributed by atoms with E-state index < -0.39 is 22.0 Å². The maximum Gasteiger partial charge on any atom is 0.326 e. The minimum atomic E-state index is -3.49. The van der Waals surface area contributed by atoms with Crippen molar-refractivity contribution < 1.29 is 23.1 Å². The van der Waals surface area contributed by atoms with Gasteiger partial charge in [0, 0.05) is 26.1 Å². The van der Waals surface area contributed by atoms with Gasteiger partial charge in [-0.2, -0.15) is 4.31 Å². The van der Waals surface area contributed by atoms with Crippen molar-refractivity contribution in [2.75, 3.05) is 19.6 Å². The SMILES string of the molecule is CCN(CC)S(=O)(=O)c1ccc(CCC(=O)N2CCC[C@@H]2C(=O)O)cc1. The number of nitrogens with zero attached hydrogens (tertiary/aromatic N) is 2. The zero-order valence-electron chi connectivity index (χ0n) is 15.2. The fraction of sp³-hybridized carbons (Fsp3) is 0.556. The maximum atomic E-state index is 12.5. The Balaban J connectivity index is 1.99.